The van der Waals surface area contributed by atoms with Gasteiger partial charge in [-0.15, -0.1) is 0 Å². The lowest BCUT2D eigenvalue weighted by Gasteiger charge is -2.19. The third-order valence-electron chi connectivity index (χ3n) is 3.82. The Labute approximate surface area is 113 Å². The summed E-state index contributed by atoms with van der Waals surface area (Å²) < 4.78 is 0. The van der Waals surface area contributed by atoms with Gasteiger partial charge in [0.2, 0.25) is 0 Å². The van der Waals surface area contributed by atoms with Crippen LogP contribution in [-0.2, 0) is 0 Å². The molecule has 104 valence electrons. The fourth-order valence-corrected chi connectivity index (χ4v) is 2.53. The van der Waals surface area contributed by atoms with Gasteiger partial charge in [-0.1, -0.05) is 0 Å². The van der Waals surface area contributed by atoms with Gasteiger partial charge < -0.3 is 15.4 Å². The minimum atomic E-state index is -0.359. The Bertz CT molecular complexity index is 474. The summed E-state index contributed by atoms with van der Waals surface area (Å²) in [7, 11) is 0. The summed E-state index contributed by atoms with van der Waals surface area (Å²) in [5.41, 5.74) is 4.96. The van der Waals surface area contributed by atoms with E-state index in [4.69, 9.17) is 5.84 Å². The average Bonchev–Trinajstić information content (AvgIpc) is 2.87. The molecule has 0 bridgehead atoms. The van der Waals surface area contributed by atoms with Crippen molar-refractivity contribution in [1.29, 1.82) is 0 Å². The number of hydrogen-bond donors (Lipinski definition) is 3. The number of aryl methyl sites for hydroxylation is 1. The molecule has 1 aromatic rings. The van der Waals surface area contributed by atoms with E-state index in [1.54, 1.807) is 19.1 Å². The predicted octanol–water partition coefficient (Wildman–Crippen LogP) is 1.12. The molecule has 0 radical (unpaired) electrons. The Balaban J connectivity index is 2.12. The standard InChI is InChI=1S/C14H21N3O2/c1-9-7-12(16-15)3-4-13(9)14(19)17-6-5-11(8-17)10(2)18/h3-4,7,10-11,16,18H,5-6,8,15H2,1-2H3. The van der Waals surface area contributed by atoms with Crippen LogP contribution in [0, 0.1) is 12.8 Å². The second-order valence-electron chi connectivity index (χ2n) is 5.21. The number of aliphatic hydroxyl groups excluding tert-OH is 1. The summed E-state index contributed by atoms with van der Waals surface area (Å²) in [6, 6.07) is 5.44. The lowest BCUT2D eigenvalue weighted by atomic mass is 10.0. The number of aliphatic hydroxyl groups is 1. The number of nitrogens with zero attached hydrogens (tertiary/aromatic N) is 1. The maximum atomic E-state index is 12.4. The number of hydrazine groups is 1. The van der Waals surface area contributed by atoms with Crippen LogP contribution in [0.4, 0.5) is 5.69 Å². The predicted molar refractivity (Wildman–Crippen MR) is 74.7 cm³/mol. The van der Waals surface area contributed by atoms with Crippen molar-refractivity contribution in [1.82, 2.24) is 4.90 Å². The molecule has 0 spiro atoms. The summed E-state index contributed by atoms with van der Waals surface area (Å²) in [5.74, 6) is 5.57. The Hall–Kier alpha value is -1.59. The SMILES string of the molecule is Cc1cc(NN)ccc1C(=O)N1CCC(C(C)O)C1. The first-order valence-corrected chi connectivity index (χ1v) is 6.57. The summed E-state index contributed by atoms with van der Waals surface area (Å²) in [6.07, 6.45) is 0.507. The van der Waals surface area contributed by atoms with Gasteiger partial charge in [0.15, 0.2) is 0 Å². The molecular formula is C14H21N3O2. The molecule has 1 saturated heterocycles. The zero-order chi connectivity index (χ0) is 14.0. The highest BCUT2D eigenvalue weighted by Crippen LogP contribution is 2.23. The van der Waals surface area contributed by atoms with Gasteiger partial charge in [0.25, 0.3) is 5.91 Å². The molecule has 1 amide bonds. The molecule has 19 heavy (non-hydrogen) atoms. The number of hydrogen-bond acceptors (Lipinski definition) is 4. The number of amides is 1. The fraction of sp³-hybridized carbons (Fsp3) is 0.500. The number of anilines is 1. The van der Waals surface area contributed by atoms with Crippen molar-refractivity contribution < 1.29 is 9.90 Å². The zero-order valence-electron chi connectivity index (χ0n) is 11.4. The largest absolute Gasteiger partial charge is 0.393 e. The van der Waals surface area contributed by atoms with Crippen LogP contribution in [0.2, 0.25) is 0 Å². The molecule has 0 saturated carbocycles. The van der Waals surface area contributed by atoms with Crippen LogP contribution in [0.5, 0.6) is 0 Å². The number of nitrogens with one attached hydrogen (secondary N) is 1. The van der Waals surface area contributed by atoms with Crippen molar-refractivity contribution in [2.24, 2.45) is 11.8 Å². The minimum absolute atomic E-state index is 0.0317. The van der Waals surface area contributed by atoms with Crippen LogP contribution in [0.3, 0.4) is 0 Å². The molecule has 0 aliphatic carbocycles. The molecule has 2 atom stereocenters. The van der Waals surface area contributed by atoms with Crippen LogP contribution in [0.1, 0.15) is 29.3 Å². The van der Waals surface area contributed by atoms with E-state index in [9.17, 15) is 9.90 Å². The topological polar surface area (TPSA) is 78.6 Å². The van der Waals surface area contributed by atoms with Gasteiger partial charge in [-0.05, 0) is 44.0 Å². The van der Waals surface area contributed by atoms with Gasteiger partial charge in [-0.3, -0.25) is 10.6 Å². The Morgan fingerprint density at radius 1 is 1.58 bits per heavy atom. The van der Waals surface area contributed by atoms with Gasteiger partial charge >= 0.3 is 0 Å². The lowest BCUT2D eigenvalue weighted by Crippen LogP contribution is -2.30. The quantitative estimate of drug-likeness (QED) is 0.564. The normalized spacial score (nSPS) is 20.4. The molecule has 1 aliphatic heterocycles. The number of nitrogens with two attached hydrogens (primary N) is 1. The first-order chi connectivity index (χ1) is 9.02. The highest BCUT2D eigenvalue weighted by atomic mass is 16.3. The number of carbonyl (C=O) groups excluding carboxylic acids is 1. The van der Waals surface area contributed by atoms with E-state index in [0.717, 1.165) is 17.7 Å². The molecule has 5 heteroatoms. The molecule has 1 fully saturated rings. The third kappa shape index (κ3) is 2.88. The molecule has 5 nitrogen and oxygen atoms in total. The van der Waals surface area contributed by atoms with Crippen molar-refractivity contribution in [2.45, 2.75) is 26.4 Å². The first-order valence-electron chi connectivity index (χ1n) is 6.57. The zero-order valence-corrected chi connectivity index (χ0v) is 11.4. The molecule has 0 aromatic heterocycles. The summed E-state index contributed by atoms with van der Waals surface area (Å²) in [5, 5.41) is 9.59. The highest BCUT2D eigenvalue weighted by Gasteiger charge is 2.30. The van der Waals surface area contributed by atoms with Crippen LogP contribution in [0.25, 0.3) is 0 Å². The maximum Gasteiger partial charge on any atom is 0.254 e. The van der Waals surface area contributed by atoms with Gasteiger partial charge in [-0.25, -0.2) is 0 Å². The van der Waals surface area contributed by atoms with Crippen molar-refractivity contribution in [3.8, 4) is 0 Å². The number of likely N-dealkylation sites (tertiary alicyclic amines) is 1. The molecule has 2 unspecified atom stereocenters. The van der Waals surface area contributed by atoms with E-state index in [0.29, 0.717) is 18.7 Å². The van der Waals surface area contributed by atoms with Crippen LogP contribution in [-0.4, -0.2) is 35.1 Å². The van der Waals surface area contributed by atoms with Crippen molar-refractivity contribution in [3.63, 3.8) is 0 Å². The molecule has 1 aliphatic rings. The Morgan fingerprint density at radius 2 is 2.32 bits per heavy atom. The fourth-order valence-electron chi connectivity index (χ4n) is 2.53. The van der Waals surface area contributed by atoms with Crippen LogP contribution < -0.4 is 11.3 Å². The van der Waals surface area contributed by atoms with Gasteiger partial charge in [-0.2, -0.15) is 0 Å². The molecule has 4 N–H and O–H groups in total. The van der Waals surface area contributed by atoms with E-state index in [-0.39, 0.29) is 17.9 Å². The van der Waals surface area contributed by atoms with Gasteiger partial charge in [0, 0.05) is 30.3 Å². The summed E-state index contributed by atoms with van der Waals surface area (Å²) in [6.45, 7) is 5.03. The van der Waals surface area contributed by atoms with Crippen molar-refractivity contribution in [3.05, 3.63) is 29.3 Å². The maximum absolute atomic E-state index is 12.4. The number of rotatable bonds is 3. The van der Waals surface area contributed by atoms with E-state index in [2.05, 4.69) is 5.43 Å². The first kappa shape index (κ1) is 13.8. The number of carbonyl (C=O) groups is 1. The average molecular weight is 263 g/mol. The third-order valence-corrected chi connectivity index (χ3v) is 3.82. The van der Waals surface area contributed by atoms with Crippen molar-refractivity contribution in [2.75, 3.05) is 18.5 Å². The van der Waals surface area contributed by atoms with Crippen molar-refractivity contribution >= 4 is 11.6 Å². The second-order valence-corrected chi connectivity index (χ2v) is 5.21. The molecular weight excluding hydrogens is 242 g/mol. The smallest absolute Gasteiger partial charge is 0.254 e. The van der Waals surface area contributed by atoms with E-state index in [1.165, 1.54) is 0 Å². The van der Waals surface area contributed by atoms with Gasteiger partial charge in [0.1, 0.15) is 0 Å². The van der Waals surface area contributed by atoms with Crippen LogP contribution >= 0.6 is 0 Å². The Morgan fingerprint density at radius 3 is 2.84 bits per heavy atom. The van der Waals surface area contributed by atoms with Crippen LogP contribution in [0.15, 0.2) is 18.2 Å². The monoisotopic (exact) mass is 263 g/mol. The van der Waals surface area contributed by atoms with Gasteiger partial charge in [0.05, 0.1) is 6.10 Å². The Kier molecular flexibility index (Phi) is 4.07. The highest BCUT2D eigenvalue weighted by molar-refractivity contribution is 5.96. The number of benzene rings is 1. The summed E-state index contributed by atoms with van der Waals surface area (Å²) in [4.78, 5) is 14.2. The lowest BCUT2D eigenvalue weighted by molar-refractivity contribution is 0.0762. The minimum Gasteiger partial charge on any atom is -0.393 e. The number of nitrogen functional groups attached to an aromatic ring is 1. The molecule has 1 aromatic carbocycles. The van der Waals surface area contributed by atoms with E-state index < -0.39 is 0 Å². The molecule has 1 heterocycles. The van der Waals surface area contributed by atoms with E-state index in [1.807, 2.05) is 17.9 Å². The van der Waals surface area contributed by atoms with E-state index >= 15 is 0 Å². The second kappa shape index (κ2) is 5.59. The molecule has 2 rings (SSSR count). The summed E-state index contributed by atoms with van der Waals surface area (Å²) >= 11 is 0.